The van der Waals surface area contributed by atoms with Crippen LogP contribution in [0, 0.1) is 0 Å². The molecule has 0 bridgehead atoms. The van der Waals surface area contributed by atoms with Crippen LogP contribution >= 0.6 is 11.3 Å². The van der Waals surface area contributed by atoms with Crippen molar-refractivity contribution in [1.29, 1.82) is 0 Å². The number of H-pyrrole nitrogens is 1. The maximum absolute atomic E-state index is 13.0. The van der Waals surface area contributed by atoms with Crippen molar-refractivity contribution in [3.8, 4) is 11.5 Å². The number of ether oxygens (including phenoxy) is 1. The molecule has 0 amide bonds. The molecule has 4 aromatic heterocycles. The summed E-state index contributed by atoms with van der Waals surface area (Å²) in [4.78, 5) is 14.5. The fourth-order valence-corrected chi connectivity index (χ4v) is 4.05. The Hall–Kier alpha value is -2.99. The van der Waals surface area contributed by atoms with Crippen molar-refractivity contribution in [3.05, 3.63) is 47.5 Å². The Labute approximate surface area is 166 Å². The number of nitrogens with zero attached hydrogens (tertiary/aromatic N) is 6. The summed E-state index contributed by atoms with van der Waals surface area (Å²) in [6.45, 7) is 1.74. The topological polar surface area (TPSA) is 84.2 Å². The first kappa shape index (κ1) is 18.1. The number of anilines is 1. The second-order valence-electron chi connectivity index (χ2n) is 6.46. The molecule has 0 unspecified atom stereocenters. The van der Waals surface area contributed by atoms with Crippen LogP contribution in [0.4, 0.5) is 19.0 Å². The number of aromatic nitrogens is 6. The number of fused-ring (bicyclic) bond motifs is 1. The molecule has 5 heterocycles. The van der Waals surface area contributed by atoms with Gasteiger partial charge in [0, 0.05) is 37.2 Å². The number of rotatable bonds is 3. The molecule has 29 heavy (non-hydrogen) atoms. The average molecular weight is 421 g/mol. The first-order chi connectivity index (χ1) is 14.0. The van der Waals surface area contributed by atoms with E-state index < -0.39 is 11.1 Å². The molecular weight excluding hydrogens is 407 g/mol. The van der Waals surface area contributed by atoms with Gasteiger partial charge in [0.2, 0.25) is 0 Å². The van der Waals surface area contributed by atoms with Crippen LogP contribution in [0.25, 0.3) is 16.5 Å². The van der Waals surface area contributed by atoms with Crippen molar-refractivity contribution in [1.82, 2.24) is 29.5 Å². The fourth-order valence-electron chi connectivity index (χ4n) is 3.23. The molecule has 1 N–H and O–H groups in total. The van der Waals surface area contributed by atoms with E-state index in [4.69, 9.17) is 4.74 Å². The normalized spacial score (nSPS) is 17.9. The van der Waals surface area contributed by atoms with Crippen LogP contribution in [0.5, 0.6) is 0 Å². The molecule has 1 atom stereocenters. The third-order valence-corrected chi connectivity index (χ3v) is 5.68. The van der Waals surface area contributed by atoms with E-state index in [2.05, 4.69) is 30.0 Å². The van der Waals surface area contributed by atoms with E-state index in [0.717, 1.165) is 11.8 Å². The summed E-state index contributed by atoms with van der Waals surface area (Å²) in [6.07, 6.45) is 3.06. The van der Waals surface area contributed by atoms with Gasteiger partial charge in [-0.05, 0) is 6.07 Å². The van der Waals surface area contributed by atoms with Crippen LogP contribution in [0.2, 0.25) is 0 Å². The van der Waals surface area contributed by atoms with Gasteiger partial charge in [-0.1, -0.05) is 11.3 Å². The molecule has 0 aliphatic carbocycles. The minimum absolute atomic E-state index is 0.145. The first-order valence-electron chi connectivity index (χ1n) is 8.72. The van der Waals surface area contributed by atoms with Crippen LogP contribution in [0.1, 0.15) is 16.5 Å². The summed E-state index contributed by atoms with van der Waals surface area (Å²) in [5.74, 6) is 0.987. The van der Waals surface area contributed by atoms with E-state index in [0.29, 0.717) is 48.4 Å². The van der Waals surface area contributed by atoms with Gasteiger partial charge in [0.1, 0.15) is 22.5 Å². The standard InChI is InChI=1S/C17H14F3N7OS/c18-17(19,20)13-9-27-11(7-22-16(27)29-13)15-21-2-1-14(25-15)26-3-4-28-12(8-26)10-5-23-24-6-10/h1-2,5-7,9,12H,3-4,8H2,(H,23,24)/t12-/m1/s1. The van der Waals surface area contributed by atoms with Crippen molar-refractivity contribution in [2.75, 3.05) is 24.6 Å². The molecule has 4 aromatic rings. The maximum atomic E-state index is 13.0. The number of thiazole rings is 1. The lowest BCUT2D eigenvalue weighted by atomic mass is 10.1. The number of morpholine rings is 1. The van der Waals surface area contributed by atoms with Crippen LogP contribution < -0.4 is 4.90 Å². The molecule has 0 saturated carbocycles. The minimum atomic E-state index is -4.42. The number of aromatic amines is 1. The summed E-state index contributed by atoms with van der Waals surface area (Å²) in [5.41, 5.74) is 1.35. The van der Waals surface area contributed by atoms with E-state index in [1.165, 1.54) is 10.6 Å². The van der Waals surface area contributed by atoms with Crippen molar-refractivity contribution in [3.63, 3.8) is 0 Å². The molecule has 5 rings (SSSR count). The Morgan fingerprint density at radius 3 is 2.93 bits per heavy atom. The van der Waals surface area contributed by atoms with Gasteiger partial charge in [-0.25, -0.2) is 15.0 Å². The van der Waals surface area contributed by atoms with Crippen molar-refractivity contribution in [2.24, 2.45) is 0 Å². The number of halogens is 3. The highest BCUT2D eigenvalue weighted by Gasteiger charge is 2.34. The van der Waals surface area contributed by atoms with Crippen molar-refractivity contribution < 1.29 is 17.9 Å². The van der Waals surface area contributed by atoms with Crippen molar-refractivity contribution in [2.45, 2.75) is 12.3 Å². The molecule has 1 aliphatic heterocycles. The third kappa shape index (κ3) is 3.34. The Kier molecular flexibility index (Phi) is 4.24. The molecule has 0 aromatic carbocycles. The van der Waals surface area contributed by atoms with Gasteiger partial charge in [0.05, 0.1) is 19.0 Å². The largest absolute Gasteiger partial charge is 0.427 e. The summed E-state index contributed by atoms with van der Waals surface area (Å²) in [7, 11) is 0. The van der Waals surface area contributed by atoms with Crippen LogP contribution in [-0.2, 0) is 10.9 Å². The fraction of sp³-hybridized carbons (Fsp3) is 0.294. The smallest absolute Gasteiger partial charge is 0.370 e. The number of hydrogen-bond acceptors (Lipinski definition) is 7. The highest BCUT2D eigenvalue weighted by molar-refractivity contribution is 7.17. The Morgan fingerprint density at radius 1 is 1.24 bits per heavy atom. The lowest BCUT2D eigenvalue weighted by Gasteiger charge is -2.33. The lowest BCUT2D eigenvalue weighted by Crippen LogP contribution is -2.38. The van der Waals surface area contributed by atoms with E-state index in [-0.39, 0.29) is 11.1 Å². The zero-order chi connectivity index (χ0) is 20.0. The monoisotopic (exact) mass is 421 g/mol. The predicted molar refractivity (Wildman–Crippen MR) is 98.6 cm³/mol. The third-order valence-electron chi connectivity index (χ3n) is 4.64. The molecule has 150 valence electrons. The van der Waals surface area contributed by atoms with Gasteiger partial charge in [-0.15, -0.1) is 0 Å². The highest BCUT2D eigenvalue weighted by atomic mass is 32.1. The van der Waals surface area contributed by atoms with Gasteiger partial charge in [0.25, 0.3) is 0 Å². The second kappa shape index (κ2) is 6.81. The lowest BCUT2D eigenvalue weighted by molar-refractivity contribution is -0.134. The summed E-state index contributed by atoms with van der Waals surface area (Å²) in [6, 6.07) is 1.77. The Bertz CT molecular complexity index is 1140. The van der Waals surface area contributed by atoms with Gasteiger partial charge in [0.15, 0.2) is 10.8 Å². The zero-order valence-corrected chi connectivity index (χ0v) is 15.6. The molecule has 1 fully saturated rings. The Morgan fingerprint density at radius 2 is 2.14 bits per heavy atom. The van der Waals surface area contributed by atoms with E-state index in [1.807, 2.05) is 0 Å². The number of alkyl halides is 3. The number of nitrogens with one attached hydrogen (secondary N) is 1. The van der Waals surface area contributed by atoms with Gasteiger partial charge >= 0.3 is 6.18 Å². The Balaban J connectivity index is 1.46. The summed E-state index contributed by atoms with van der Waals surface area (Å²) in [5, 5.41) is 6.73. The molecule has 0 radical (unpaired) electrons. The van der Waals surface area contributed by atoms with E-state index in [9.17, 15) is 13.2 Å². The quantitative estimate of drug-likeness (QED) is 0.547. The van der Waals surface area contributed by atoms with Gasteiger partial charge in [-0.2, -0.15) is 18.3 Å². The zero-order valence-electron chi connectivity index (χ0n) is 14.8. The summed E-state index contributed by atoms with van der Waals surface area (Å²) < 4.78 is 46.2. The molecule has 1 aliphatic rings. The minimum Gasteiger partial charge on any atom is -0.370 e. The highest BCUT2D eigenvalue weighted by Crippen LogP contribution is 2.36. The predicted octanol–water partition coefficient (Wildman–Crippen LogP) is 3.17. The van der Waals surface area contributed by atoms with Crippen LogP contribution in [0.3, 0.4) is 0 Å². The average Bonchev–Trinajstić information content (AvgIpc) is 3.44. The summed E-state index contributed by atoms with van der Waals surface area (Å²) >= 11 is 0.586. The number of imidazole rings is 1. The van der Waals surface area contributed by atoms with Gasteiger partial charge < -0.3 is 9.64 Å². The van der Waals surface area contributed by atoms with Crippen LogP contribution in [-0.4, -0.2) is 49.2 Å². The first-order valence-corrected chi connectivity index (χ1v) is 9.53. The SMILES string of the molecule is FC(F)(F)c1cn2c(-c3nccc(N4CCO[C@@H](c5cn[nH]c5)C4)n3)cnc2s1. The molecule has 1 saturated heterocycles. The molecular formula is C17H14F3N7OS. The second-order valence-corrected chi connectivity index (χ2v) is 7.47. The van der Waals surface area contributed by atoms with Gasteiger partial charge in [-0.3, -0.25) is 9.50 Å². The molecule has 0 spiro atoms. The number of hydrogen-bond donors (Lipinski definition) is 1. The van der Waals surface area contributed by atoms with E-state index in [1.54, 1.807) is 24.7 Å². The maximum Gasteiger partial charge on any atom is 0.427 e. The van der Waals surface area contributed by atoms with E-state index >= 15 is 0 Å². The van der Waals surface area contributed by atoms with Crippen molar-refractivity contribution >= 4 is 22.1 Å². The molecule has 12 heteroatoms. The molecule has 8 nitrogen and oxygen atoms in total. The van der Waals surface area contributed by atoms with Crippen LogP contribution in [0.15, 0.2) is 37.1 Å².